The fraction of sp³-hybridized carbons (Fsp3) is 0.500. The standard InChI is InChI=1S/C12H20N2O3/c1-14-12(10(15)7-13)9-6-8(16-2)4-5-11(9)17-3/h4-6,10,12,14-15H,7,13H2,1-3H3. The van der Waals surface area contributed by atoms with Crippen LogP contribution in [0.3, 0.4) is 0 Å². The van der Waals surface area contributed by atoms with Gasteiger partial charge in [-0.15, -0.1) is 0 Å². The molecule has 1 aromatic carbocycles. The third-order valence-corrected chi connectivity index (χ3v) is 2.71. The second kappa shape index (κ2) is 6.44. The molecule has 4 N–H and O–H groups in total. The molecule has 0 spiro atoms. The first-order valence-corrected chi connectivity index (χ1v) is 5.45. The molecule has 0 radical (unpaired) electrons. The summed E-state index contributed by atoms with van der Waals surface area (Å²) < 4.78 is 10.4. The molecule has 2 unspecified atom stereocenters. The summed E-state index contributed by atoms with van der Waals surface area (Å²) in [6, 6.07) is 5.16. The second-order valence-electron chi connectivity index (χ2n) is 3.68. The van der Waals surface area contributed by atoms with Crippen LogP contribution in [0.1, 0.15) is 11.6 Å². The van der Waals surface area contributed by atoms with Crippen molar-refractivity contribution in [3.63, 3.8) is 0 Å². The van der Waals surface area contributed by atoms with Crippen molar-refractivity contribution >= 4 is 0 Å². The second-order valence-corrected chi connectivity index (χ2v) is 3.68. The van der Waals surface area contributed by atoms with Crippen LogP contribution >= 0.6 is 0 Å². The van der Waals surface area contributed by atoms with Gasteiger partial charge in [-0.1, -0.05) is 0 Å². The molecular weight excluding hydrogens is 220 g/mol. The highest BCUT2D eigenvalue weighted by molar-refractivity contribution is 5.42. The summed E-state index contributed by atoms with van der Waals surface area (Å²) in [4.78, 5) is 0. The molecule has 0 aromatic heterocycles. The Labute approximate surface area is 102 Å². The lowest BCUT2D eigenvalue weighted by molar-refractivity contribution is 0.137. The maximum absolute atomic E-state index is 9.87. The Morgan fingerprint density at radius 2 is 2.06 bits per heavy atom. The highest BCUT2D eigenvalue weighted by Crippen LogP contribution is 2.30. The minimum absolute atomic E-state index is 0.172. The van der Waals surface area contributed by atoms with Crippen LogP contribution < -0.4 is 20.5 Å². The maximum Gasteiger partial charge on any atom is 0.124 e. The predicted molar refractivity (Wildman–Crippen MR) is 66.4 cm³/mol. The molecule has 0 aliphatic heterocycles. The van der Waals surface area contributed by atoms with E-state index in [-0.39, 0.29) is 12.6 Å². The van der Waals surface area contributed by atoms with E-state index in [4.69, 9.17) is 15.2 Å². The fourth-order valence-electron chi connectivity index (χ4n) is 1.77. The summed E-state index contributed by atoms with van der Waals surface area (Å²) in [5, 5.41) is 12.9. The molecule has 0 bridgehead atoms. The van der Waals surface area contributed by atoms with Crippen LogP contribution in [0.5, 0.6) is 11.5 Å². The molecule has 1 rings (SSSR count). The average Bonchev–Trinajstić information content (AvgIpc) is 2.39. The number of benzene rings is 1. The van der Waals surface area contributed by atoms with Gasteiger partial charge in [-0.2, -0.15) is 0 Å². The summed E-state index contributed by atoms with van der Waals surface area (Å²) in [6.07, 6.45) is -0.680. The lowest BCUT2D eigenvalue weighted by Crippen LogP contribution is -2.35. The van der Waals surface area contributed by atoms with Gasteiger partial charge in [-0.25, -0.2) is 0 Å². The Bertz CT molecular complexity index is 358. The van der Waals surface area contributed by atoms with Crippen LogP contribution in [0.4, 0.5) is 0 Å². The van der Waals surface area contributed by atoms with E-state index in [2.05, 4.69) is 5.32 Å². The van der Waals surface area contributed by atoms with Crippen molar-refractivity contribution in [1.82, 2.24) is 5.32 Å². The molecular formula is C12H20N2O3. The third kappa shape index (κ3) is 3.09. The van der Waals surface area contributed by atoms with Crippen molar-refractivity contribution in [2.24, 2.45) is 5.73 Å². The molecule has 96 valence electrons. The topological polar surface area (TPSA) is 76.7 Å². The van der Waals surface area contributed by atoms with Gasteiger partial charge in [0.1, 0.15) is 11.5 Å². The number of methoxy groups -OCH3 is 2. The summed E-state index contributed by atoms with van der Waals surface area (Å²) in [5.41, 5.74) is 6.31. The summed E-state index contributed by atoms with van der Waals surface area (Å²) in [6.45, 7) is 0.172. The molecule has 2 atom stereocenters. The van der Waals surface area contributed by atoms with Gasteiger partial charge in [-0.05, 0) is 25.2 Å². The van der Waals surface area contributed by atoms with Crippen molar-refractivity contribution in [3.05, 3.63) is 23.8 Å². The average molecular weight is 240 g/mol. The first-order chi connectivity index (χ1) is 8.17. The van der Waals surface area contributed by atoms with Gasteiger partial charge in [0.25, 0.3) is 0 Å². The van der Waals surface area contributed by atoms with E-state index in [1.165, 1.54) is 0 Å². The Morgan fingerprint density at radius 3 is 2.53 bits per heavy atom. The molecule has 0 saturated carbocycles. The van der Waals surface area contributed by atoms with Gasteiger partial charge in [0.05, 0.1) is 26.4 Å². The van der Waals surface area contributed by atoms with Crippen LogP contribution in [0.15, 0.2) is 18.2 Å². The van der Waals surface area contributed by atoms with Crippen molar-refractivity contribution in [3.8, 4) is 11.5 Å². The highest BCUT2D eigenvalue weighted by atomic mass is 16.5. The van der Waals surface area contributed by atoms with Crippen LogP contribution in [-0.2, 0) is 0 Å². The van der Waals surface area contributed by atoms with E-state index < -0.39 is 6.10 Å². The Kier molecular flexibility index (Phi) is 5.21. The summed E-state index contributed by atoms with van der Waals surface area (Å²) >= 11 is 0. The smallest absolute Gasteiger partial charge is 0.124 e. The van der Waals surface area contributed by atoms with Gasteiger partial charge < -0.3 is 25.6 Å². The van der Waals surface area contributed by atoms with E-state index in [0.717, 1.165) is 5.56 Å². The van der Waals surface area contributed by atoms with Gasteiger partial charge >= 0.3 is 0 Å². The fourth-order valence-corrected chi connectivity index (χ4v) is 1.77. The van der Waals surface area contributed by atoms with Crippen LogP contribution in [0, 0.1) is 0 Å². The van der Waals surface area contributed by atoms with Crippen molar-refractivity contribution in [1.29, 1.82) is 0 Å². The van der Waals surface area contributed by atoms with Crippen molar-refractivity contribution < 1.29 is 14.6 Å². The quantitative estimate of drug-likeness (QED) is 0.666. The third-order valence-electron chi connectivity index (χ3n) is 2.71. The SMILES string of the molecule is CNC(c1cc(OC)ccc1OC)C(O)CN. The van der Waals surface area contributed by atoms with E-state index in [1.54, 1.807) is 21.3 Å². The van der Waals surface area contributed by atoms with Crippen molar-refractivity contribution in [2.75, 3.05) is 27.8 Å². The number of ether oxygens (including phenoxy) is 2. The number of hydrogen-bond acceptors (Lipinski definition) is 5. The molecule has 5 nitrogen and oxygen atoms in total. The van der Waals surface area contributed by atoms with Crippen LogP contribution in [0.2, 0.25) is 0 Å². The number of rotatable bonds is 6. The summed E-state index contributed by atoms with van der Waals surface area (Å²) in [7, 11) is 4.95. The lowest BCUT2D eigenvalue weighted by atomic mass is 10.00. The first kappa shape index (κ1) is 13.8. The normalized spacial score (nSPS) is 14.2. The van der Waals surface area contributed by atoms with Crippen molar-refractivity contribution in [2.45, 2.75) is 12.1 Å². The van der Waals surface area contributed by atoms with Crippen LogP contribution in [-0.4, -0.2) is 39.0 Å². The molecule has 17 heavy (non-hydrogen) atoms. The lowest BCUT2D eigenvalue weighted by Gasteiger charge is -2.24. The monoisotopic (exact) mass is 240 g/mol. The number of nitrogens with two attached hydrogens (primary N) is 1. The van der Waals surface area contributed by atoms with E-state index in [0.29, 0.717) is 11.5 Å². The molecule has 0 amide bonds. The maximum atomic E-state index is 9.87. The number of aliphatic hydroxyl groups is 1. The zero-order valence-corrected chi connectivity index (χ0v) is 10.4. The molecule has 1 aromatic rings. The van der Waals surface area contributed by atoms with Crippen LogP contribution in [0.25, 0.3) is 0 Å². The molecule has 0 saturated heterocycles. The molecule has 0 heterocycles. The zero-order chi connectivity index (χ0) is 12.8. The van der Waals surface area contributed by atoms with Gasteiger partial charge in [-0.3, -0.25) is 0 Å². The minimum atomic E-state index is -0.680. The van der Waals surface area contributed by atoms with Gasteiger partial charge in [0.2, 0.25) is 0 Å². The zero-order valence-electron chi connectivity index (χ0n) is 10.4. The number of likely N-dealkylation sites (N-methyl/N-ethyl adjacent to an activating group) is 1. The Balaban J connectivity index is 3.14. The molecule has 5 heteroatoms. The molecule has 0 aliphatic carbocycles. The van der Waals surface area contributed by atoms with E-state index in [1.807, 2.05) is 18.2 Å². The Morgan fingerprint density at radius 1 is 1.35 bits per heavy atom. The first-order valence-electron chi connectivity index (χ1n) is 5.45. The molecule has 0 fully saturated rings. The largest absolute Gasteiger partial charge is 0.497 e. The minimum Gasteiger partial charge on any atom is -0.497 e. The Hall–Kier alpha value is -1.30. The highest BCUT2D eigenvalue weighted by Gasteiger charge is 2.22. The van der Waals surface area contributed by atoms with E-state index >= 15 is 0 Å². The predicted octanol–water partition coefficient (Wildman–Crippen LogP) is 0.284. The molecule has 0 aliphatic rings. The van der Waals surface area contributed by atoms with Gasteiger partial charge in [0, 0.05) is 12.1 Å². The van der Waals surface area contributed by atoms with Gasteiger partial charge in [0.15, 0.2) is 0 Å². The number of nitrogens with one attached hydrogen (secondary N) is 1. The number of hydrogen-bond donors (Lipinski definition) is 3. The summed E-state index contributed by atoms with van der Waals surface area (Å²) in [5.74, 6) is 1.41. The number of aliphatic hydroxyl groups excluding tert-OH is 1. The van der Waals surface area contributed by atoms with E-state index in [9.17, 15) is 5.11 Å².